The van der Waals surface area contributed by atoms with E-state index in [2.05, 4.69) is 15.7 Å². The minimum atomic E-state index is -4.09. The zero-order valence-corrected chi connectivity index (χ0v) is 14.6. The third kappa shape index (κ3) is 5.37. The summed E-state index contributed by atoms with van der Waals surface area (Å²) in [4.78, 5) is 12.3. The summed E-state index contributed by atoms with van der Waals surface area (Å²) in [5, 5.41) is 9.82. The minimum absolute atomic E-state index is 0. The maximum atomic E-state index is 12.6. The summed E-state index contributed by atoms with van der Waals surface area (Å²) >= 11 is 0. The lowest BCUT2D eigenvalue weighted by molar-refractivity contribution is -0.183. The first-order valence-corrected chi connectivity index (χ1v) is 7.81. The SMILES string of the molecule is CNC(C(=O)NCC1CCC(C(F)(F)F)CC1)c1cnn(C)c1.Cl. The first kappa shape index (κ1) is 20.8. The molecule has 1 aliphatic rings. The fourth-order valence-corrected chi connectivity index (χ4v) is 3.08. The number of nitrogens with one attached hydrogen (secondary N) is 2. The first-order chi connectivity index (χ1) is 10.8. The predicted molar refractivity (Wildman–Crippen MR) is 86.8 cm³/mol. The number of amides is 1. The number of likely N-dealkylation sites (N-methyl/N-ethyl adjacent to an activating group) is 1. The van der Waals surface area contributed by atoms with E-state index in [9.17, 15) is 18.0 Å². The number of aryl methyl sites for hydroxylation is 1. The third-order valence-electron chi connectivity index (χ3n) is 4.48. The Morgan fingerprint density at radius 3 is 2.46 bits per heavy atom. The van der Waals surface area contributed by atoms with E-state index >= 15 is 0 Å². The van der Waals surface area contributed by atoms with Crippen LogP contribution < -0.4 is 10.6 Å². The zero-order valence-electron chi connectivity index (χ0n) is 13.8. The Hall–Kier alpha value is -1.28. The summed E-state index contributed by atoms with van der Waals surface area (Å²) in [7, 11) is 3.46. The number of rotatable bonds is 5. The number of halogens is 4. The van der Waals surface area contributed by atoms with Crippen LogP contribution in [0, 0.1) is 11.8 Å². The lowest BCUT2D eigenvalue weighted by Gasteiger charge is -2.30. The molecule has 2 rings (SSSR count). The molecule has 0 aliphatic heterocycles. The maximum Gasteiger partial charge on any atom is 0.391 e. The third-order valence-corrected chi connectivity index (χ3v) is 4.48. The Kier molecular flexibility index (Phi) is 7.54. The van der Waals surface area contributed by atoms with E-state index in [4.69, 9.17) is 0 Å². The smallest absolute Gasteiger partial charge is 0.354 e. The molecule has 1 amide bonds. The second-order valence-electron chi connectivity index (χ2n) is 6.17. The van der Waals surface area contributed by atoms with Gasteiger partial charge in [0.05, 0.1) is 12.1 Å². The fourth-order valence-electron chi connectivity index (χ4n) is 3.08. The van der Waals surface area contributed by atoms with Crippen LogP contribution in [0.15, 0.2) is 12.4 Å². The standard InChI is InChI=1S/C15H23F3N4O.ClH/c1-19-13(11-8-21-22(2)9-11)14(23)20-7-10-3-5-12(6-4-10)15(16,17)18;/h8-10,12-13,19H,3-7H2,1-2H3,(H,20,23);1H. The Morgan fingerprint density at radius 2 is 2.00 bits per heavy atom. The van der Waals surface area contributed by atoms with Crippen molar-refractivity contribution < 1.29 is 18.0 Å². The Labute approximate surface area is 145 Å². The van der Waals surface area contributed by atoms with Crippen molar-refractivity contribution in [2.45, 2.75) is 37.9 Å². The predicted octanol–water partition coefficient (Wildman–Crippen LogP) is 2.59. The molecule has 1 aromatic rings. The van der Waals surface area contributed by atoms with Crippen LogP contribution in [0.25, 0.3) is 0 Å². The summed E-state index contributed by atoms with van der Waals surface area (Å²) in [5.41, 5.74) is 0.758. The van der Waals surface area contributed by atoms with Gasteiger partial charge in [0.2, 0.25) is 5.91 Å². The molecular formula is C15H24ClF3N4O. The molecule has 0 bridgehead atoms. The highest BCUT2D eigenvalue weighted by molar-refractivity contribution is 5.85. The van der Waals surface area contributed by atoms with Crippen molar-refractivity contribution in [3.05, 3.63) is 18.0 Å². The average Bonchev–Trinajstić information content (AvgIpc) is 2.91. The van der Waals surface area contributed by atoms with Crippen molar-refractivity contribution in [3.63, 3.8) is 0 Å². The van der Waals surface area contributed by atoms with E-state index in [1.165, 1.54) is 0 Å². The van der Waals surface area contributed by atoms with E-state index in [1.54, 1.807) is 31.2 Å². The van der Waals surface area contributed by atoms with Gasteiger partial charge >= 0.3 is 6.18 Å². The van der Waals surface area contributed by atoms with Gasteiger partial charge in [0.25, 0.3) is 0 Å². The van der Waals surface area contributed by atoms with Crippen molar-refractivity contribution in [3.8, 4) is 0 Å². The molecule has 1 saturated carbocycles. The number of carbonyl (C=O) groups excluding carboxylic acids is 1. The topological polar surface area (TPSA) is 59.0 Å². The monoisotopic (exact) mass is 368 g/mol. The van der Waals surface area contributed by atoms with Gasteiger partial charge in [-0.1, -0.05) is 0 Å². The van der Waals surface area contributed by atoms with Crippen LogP contribution in [0.1, 0.15) is 37.3 Å². The Balaban J connectivity index is 0.00000288. The van der Waals surface area contributed by atoms with E-state index in [1.807, 2.05) is 0 Å². The average molecular weight is 369 g/mol. The van der Waals surface area contributed by atoms with Gasteiger partial charge < -0.3 is 10.6 Å². The van der Waals surface area contributed by atoms with Gasteiger partial charge in [-0.2, -0.15) is 18.3 Å². The Bertz CT molecular complexity index is 527. The van der Waals surface area contributed by atoms with Crippen LogP contribution in [-0.2, 0) is 11.8 Å². The molecule has 0 spiro atoms. The van der Waals surface area contributed by atoms with Crippen LogP contribution in [-0.4, -0.2) is 35.5 Å². The van der Waals surface area contributed by atoms with Crippen LogP contribution in [0.4, 0.5) is 13.2 Å². The number of hydrogen-bond donors (Lipinski definition) is 2. The highest BCUT2D eigenvalue weighted by Crippen LogP contribution is 2.39. The van der Waals surface area contributed by atoms with Crippen molar-refractivity contribution >= 4 is 18.3 Å². The van der Waals surface area contributed by atoms with Gasteiger partial charge in [0, 0.05) is 25.4 Å². The molecule has 138 valence electrons. The molecule has 0 saturated heterocycles. The lowest BCUT2D eigenvalue weighted by atomic mass is 9.81. The van der Waals surface area contributed by atoms with Crippen LogP contribution in [0.5, 0.6) is 0 Å². The molecule has 24 heavy (non-hydrogen) atoms. The fraction of sp³-hybridized carbons (Fsp3) is 0.733. The number of carbonyl (C=O) groups is 1. The van der Waals surface area contributed by atoms with Gasteiger partial charge in [-0.05, 0) is 38.6 Å². The second kappa shape index (κ2) is 8.71. The molecule has 1 atom stereocenters. The minimum Gasteiger partial charge on any atom is -0.354 e. The number of hydrogen-bond acceptors (Lipinski definition) is 3. The first-order valence-electron chi connectivity index (χ1n) is 7.81. The second-order valence-corrected chi connectivity index (χ2v) is 6.17. The van der Waals surface area contributed by atoms with Crippen molar-refractivity contribution in [2.75, 3.05) is 13.6 Å². The van der Waals surface area contributed by atoms with Gasteiger partial charge in [-0.15, -0.1) is 12.4 Å². The van der Waals surface area contributed by atoms with Crippen LogP contribution >= 0.6 is 12.4 Å². The van der Waals surface area contributed by atoms with Gasteiger partial charge in [-0.25, -0.2) is 0 Å². The molecule has 1 aromatic heterocycles. The Morgan fingerprint density at radius 1 is 1.38 bits per heavy atom. The molecule has 2 N–H and O–H groups in total. The quantitative estimate of drug-likeness (QED) is 0.839. The van der Waals surface area contributed by atoms with E-state index < -0.39 is 18.1 Å². The molecular weight excluding hydrogens is 345 g/mol. The molecule has 1 heterocycles. The summed E-state index contributed by atoms with van der Waals surface area (Å²) in [5.74, 6) is -1.25. The van der Waals surface area contributed by atoms with Crippen LogP contribution in [0.2, 0.25) is 0 Å². The largest absolute Gasteiger partial charge is 0.391 e. The van der Waals surface area contributed by atoms with Crippen molar-refractivity contribution in [1.82, 2.24) is 20.4 Å². The van der Waals surface area contributed by atoms with Crippen LogP contribution in [0.3, 0.4) is 0 Å². The van der Waals surface area contributed by atoms with Gasteiger partial charge in [-0.3, -0.25) is 9.48 Å². The molecule has 9 heteroatoms. The van der Waals surface area contributed by atoms with E-state index in [0.29, 0.717) is 19.4 Å². The summed E-state index contributed by atoms with van der Waals surface area (Å²) in [6, 6.07) is -0.504. The molecule has 1 fully saturated rings. The number of nitrogens with zero attached hydrogens (tertiary/aromatic N) is 2. The van der Waals surface area contributed by atoms with E-state index in [0.717, 1.165) is 5.56 Å². The van der Waals surface area contributed by atoms with Crippen molar-refractivity contribution in [2.24, 2.45) is 18.9 Å². The number of alkyl halides is 3. The molecule has 5 nitrogen and oxygen atoms in total. The molecule has 0 aromatic carbocycles. The highest BCUT2D eigenvalue weighted by atomic mass is 35.5. The number of aromatic nitrogens is 2. The molecule has 1 unspecified atom stereocenters. The van der Waals surface area contributed by atoms with Gasteiger partial charge in [0.15, 0.2) is 0 Å². The van der Waals surface area contributed by atoms with Crippen molar-refractivity contribution in [1.29, 1.82) is 0 Å². The van der Waals surface area contributed by atoms with Gasteiger partial charge in [0.1, 0.15) is 6.04 Å². The lowest BCUT2D eigenvalue weighted by Crippen LogP contribution is -2.39. The zero-order chi connectivity index (χ0) is 17.0. The highest BCUT2D eigenvalue weighted by Gasteiger charge is 2.41. The summed E-state index contributed by atoms with van der Waals surface area (Å²) in [6.07, 6.45) is 0.601. The maximum absolute atomic E-state index is 12.6. The molecule has 0 radical (unpaired) electrons. The molecule has 1 aliphatic carbocycles. The summed E-state index contributed by atoms with van der Waals surface area (Å²) in [6.45, 7) is 0.419. The van der Waals surface area contributed by atoms with E-state index in [-0.39, 0.29) is 37.1 Å². The normalized spacial score (nSPS) is 22.5. The summed E-state index contributed by atoms with van der Waals surface area (Å²) < 4.78 is 39.5.